The smallest absolute Gasteiger partial charge is 0.505 e. The molecule has 0 aliphatic carbocycles. The van der Waals surface area contributed by atoms with Crippen LogP contribution in [0.25, 0.3) is 0 Å². The molecule has 0 fully saturated rings. The molecule has 0 saturated heterocycles. The largest absolute Gasteiger partial charge is 0.525 e. The van der Waals surface area contributed by atoms with E-state index in [1.165, 1.54) is 6.92 Å². The quantitative estimate of drug-likeness (QED) is 0.312. The van der Waals surface area contributed by atoms with E-state index in [-0.39, 0.29) is 18.6 Å². The third-order valence-corrected chi connectivity index (χ3v) is 3.03. The molecule has 2 atom stereocenters. The molecule has 1 rings (SSSR count). The lowest BCUT2D eigenvalue weighted by molar-refractivity contribution is -0.165. The summed E-state index contributed by atoms with van der Waals surface area (Å²) in [5, 5.41) is 18.9. The fourth-order valence-electron chi connectivity index (χ4n) is 1.61. The summed E-state index contributed by atoms with van der Waals surface area (Å²) >= 11 is 0. The zero-order valence-electron chi connectivity index (χ0n) is 11.9. The van der Waals surface area contributed by atoms with E-state index in [0.717, 1.165) is 0 Å². The van der Waals surface area contributed by atoms with Gasteiger partial charge in [-0.3, -0.25) is 14.6 Å². The van der Waals surface area contributed by atoms with Gasteiger partial charge < -0.3 is 29.0 Å². The van der Waals surface area contributed by atoms with Crippen LogP contribution in [0, 0.1) is 0 Å². The Hall–Kier alpha value is -1.94. The van der Waals surface area contributed by atoms with Crippen molar-refractivity contribution in [1.29, 1.82) is 0 Å². The number of ketones is 1. The third kappa shape index (κ3) is 5.64. The number of hydrogen-bond donors (Lipinski definition) is 4. The summed E-state index contributed by atoms with van der Waals surface area (Å²) in [4.78, 5) is 50.9. The van der Waals surface area contributed by atoms with Crippen LogP contribution >= 0.6 is 7.82 Å². The molecule has 0 aromatic heterocycles. The molecule has 0 spiro atoms. The van der Waals surface area contributed by atoms with E-state index >= 15 is 0 Å². The number of carbonyl (C=O) groups excluding carboxylic acids is 3. The number of esters is 2. The summed E-state index contributed by atoms with van der Waals surface area (Å²) in [7, 11) is -5.13. The highest BCUT2D eigenvalue weighted by atomic mass is 31.2. The molecule has 4 N–H and O–H groups in total. The molecular weight excluding hydrogens is 339 g/mol. The molecule has 0 aromatic carbocycles. The predicted octanol–water partition coefficient (Wildman–Crippen LogP) is -0.936. The molecular formula is C11H15O11P. The molecule has 11 nitrogen and oxygen atoms in total. The lowest BCUT2D eigenvalue weighted by Crippen LogP contribution is -2.36. The Labute approximate surface area is 129 Å². The molecule has 0 saturated carbocycles. The van der Waals surface area contributed by atoms with Crippen molar-refractivity contribution in [2.24, 2.45) is 0 Å². The van der Waals surface area contributed by atoms with Crippen LogP contribution in [0.1, 0.15) is 19.8 Å². The zero-order valence-corrected chi connectivity index (χ0v) is 12.8. The predicted molar refractivity (Wildman–Crippen MR) is 69.5 cm³/mol. The van der Waals surface area contributed by atoms with Gasteiger partial charge in [-0.2, -0.15) is 0 Å². The lowest BCUT2D eigenvalue weighted by atomic mass is 10.1. The number of phosphoric acid groups is 1. The van der Waals surface area contributed by atoms with Crippen molar-refractivity contribution in [3.05, 3.63) is 11.5 Å². The van der Waals surface area contributed by atoms with Crippen LogP contribution in [-0.4, -0.2) is 56.5 Å². The average molecular weight is 354 g/mol. The summed E-state index contributed by atoms with van der Waals surface area (Å²) in [6.45, 7) is 0.396. The Kier molecular flexibility index (Phi) is 6.28. The lowest BCUT2D eigenvalue weighted by Gasteiger charge is -2.20. The van der Waals surface area contributed by atoms with Gasteiger partial charge in [-0.15, -0.1) is 0 Å². The number of carbonyl (C=O) groups is 3. The van der Waals surface area contributed by atoms with Crippen LogP contribution in [0.5, 0.6) is 0 Å². The monoisotopic (exact) mass is 354 g/mol. The molecule has 2 unspecified atom stereocenters. The normalized spacial score (nSPS) is 19.3. The summed E-state index contributed by atoms with van der Waals surface area (Å²) in [6, 6.07) is 0. The van der Waals surface area contributed by atoms with Gasteiger partial charge in [0.15, 0.2) is 11.9 Å². The fraction of sp³-hybridized carbons (Fsp3) is 0.545. The van der Waals surface area contributed by atoms with E-state index in [2.05, 4.69) is 9.26 Å². The Morgan fingerprint density at radius 3 is 2.43 bits per heavy atom. The molecule has 0 aromatic rings. The first-order valence-corrected chi connectivity index (χ1v) is 7.77. The molecule has 130 valence electrons. The van der Waals surface area contributed by atoms with Crippen molar-refractivity contribution in [2.75, 3.05) is 6.61 Å². The first-order valence-electron chi connectivity index (χ1n) is 6.24. The van der Waals surface area contributed by atoms with Gasteiger partial charge in [-0.25, -0.2) is 9.36 Å². The summed E-state index contributed by atoms with van der Waals surface area (Å²) in [6.07, 6.45) is -3.61. The van der Waals surface area contributed by atoms with E-state index in [0.29, 0.717) is 0 Å². The summed E-state index contributed by atoms with van der Waals surface area (Å²) in [5.41, 5.74) is 0. The molecule has 0 amide bonds. The van der Waals surface area contributed by atoms with Gasteiger partial charge in [0.05, 0.1) is 13.0 Å². The van der Waals surface area contributed by atoms with Crippen LogP contribution in [0.15, 0.2) is 11.5 Å². The number of aliphatic hydroxyl groups is 2. The molecule has 1 aliphatic heterocycles. The Morgan fingerprint density at radius 1 is 1.35 bits per heavy atom. The van der Waals surface area contributed by atoms with Gasteiger partial charge in [-0.1, -0.05) is 0 Å². The average Bonchev–Trinajstić information content (AvgIpc) is 2.69. The van der Waals surface area contributed by atoms with Crippen molar-refractivity contribution in [2.45, 2.75) is 32.0 Å². The molecule has 12 heteroatoms. The van der Waals surface area contributed by atoms with Gasteiger partial charge in [0, 0.05) is 6.42 Å². The van der Waals surface area contributed by atoms with E-state index in [1.54, 1.807) is 0 Å². The second kappa shape index (κ2) is 7.55. The minimum absolute atomic E-state index is 0.101. The molecule has 1 aliphatic rings. The number of hydrogen-bond acceptors (Lipinski definition) is 9. The maximum atomic E-state index is 11.5. The highest BCUT2D eigenvalue weighted by Crippen LogP contribution is 2.42. The first kappa shape index (κ1) is 19.1. The number of Topliss-reactive ketones (excluding diaryl/α,β-unsaturated/α-hetero) is 1. The van der Waals surface area contributed by atoms with Gasteiger partial charge in [0.25, 0.3) is 5.76 Å². The van der Waals surface area contributed by atoms with E-state index < -0.39 is 50.1 Å². The Balaban J connectivity index is 2.82. The van der Waals surface area contributed by atoms with Crippen LogP contribution in [0.4, 0.5) is 0 Å². The van der Waals surface area contributed by atoms with Crippen molar-refractivity contribution < 1.29 is 52.9 Å². The highest BCUT2D eigenvalue weighted by Gasteiger charge is 2.44. The van der Waals surface area contributed by atoms with Crippen molar-refractivity contribution in [1.82, 2.24) is 0 Å². The Morgan fingerprint density at radius 2 is 1.96 bits per heavy atom. The standard InChI is InChI=1S/C11H15O11P/c1-5(13)2-3-7(14)20-6(4-12)9-8(15)10(11(16)21-9)22-23(17,18)19/h6,9,12,15H,2-4H2,1H3,(H2,17,18,19). The van der Waals surface area contributed by atoms with Gasteiger partial charge in [-0.05, 0) is 6.92 Å². The van der Waals surface area contributed by atoms with Crippen LogP contribution in [-0.2, 0) is 32.9 Å². The number of cyclic esters (lactones) is 1. The molecule has 1 heterocycles. The minimum atomic E-state index is -5.13. The van der Waals surface area contributed by atoms with Crippen molar-refractivity contribution >= 4 is 25.5 Å². The molecule has 23 heavy (non-hydrogen) atoms. The highest BCUT2D eigenvalue weighted by molar-refractivity contribution is 7.46. The van der Waals surface area contributed by atoms with E-state index in [1.807, 2.05) is 0 Å². The molecule has 0 bridgehead atoms. The fourth-order valence-corrected chi connectivity index (χ4v) is 2.02. The topological polar surface area (TPSA) is 177 Å². The second-order valence-corrected chi connectivity index (χ2v) is 5.70. The van der Waals surface area contributed by atoms with Crippen LogP contribution in [0.2, 0.25) is 0 Å². The van der Waals surface area contributed by atoms with Gasteiger partial charge in [0.2, 0.25) is 6.10 Å². The first-order chi connectivity index (χ1) is 10.5. The number of aliphatic hydroxyl groups excluding tert-OH is 2. The van der Waals surface area contributed by atoms with E-state index in [4.69, 9.17) is 14.5 Å². The number of rotatable bonds is 8. The van der Waals surface area contributed by atoms with Crippen molar-refractivity contribution in [3.63, 3.8) is 0 Å². The van der Waals surface area contributed by atoms with Crippen LogP contribution < -0.4 is 0 Å². The molecule has 0 radical (unpaired) electrons. The Bertz CT molecular complexity index is 575. The van der Waals surface area contributed by atoms with Gasteiger partial charge in [0.1, 0.15) is 5.78 Å². The maximum Gasteiger partial charge on any atom is 0.525 e. The number of phosphoric ester groups is 1. The number of ether oxygens (including phenoxy) is 2. The SMILES string of the molecule is CC(=O)CCC(=O)OC(CO)C1OC(=O)C(OP(=O)(O)O)=C1O. The second-order valence-electron chi connectivity index (χ2n) is 4.54. The summed E-state index contributed by atoms with van der Waals surface area (Å²) < 4.78 is 24.0. The van der Waals surface area contributed by atoms with Gasteiger partial charge >= 0.3 is 19.8 Å². The van der Waals surface area contributed by atoms with Crippen LogP contribution in [0.3, 0.4) is 0 Å². The maximum absolute atomic E-state index is 11.5. The van der Waals surface area contributed by atoms with Crippen molar-refractivity contribution in [3.8, 4) is 0 Å². The van der Waals surface area contributed by atoms with E-state index in [9.17, 15) is 29.2 Å². The third-order valence-electron chi connectivity index (χ3n) is 2.61. The summed E-state index contributed by atoms with van der Waals surface area (Å²) in [5.74, 6) is -4.73. The zero-order chi connectivity index (χ0) is 17.8. The minimum Gasteiger partial charge on any atom is -0.505 e.